The number of nitrogens with zero attached hydrogens (tertiary/aromatic N) is 1. The molecule has 0 saturated carbocycles. The molecule has 2 N–H and O–H groups in total. The highest BCUT2D eigenvalue weighted by Gasteiger charge is 2.27. The lowest BCUT2D eigenvalue weighted by Gasteiger charge is -2.26. The van der Waals surface area contributed by atoms with Gasteiger partial charge in [-0.05, 0) is 12.8 Å². The predicted molar refractivity (Wildman–Crippen MR) is 73.3 cm³/mol. The summed E-state index contributed by atoms with van der Waals surface area (Å²) in [7, 11) is 0. The number of rotatable bonds is 8. The summed E-state index contributed by atoms with van der Waals surface area (Å²) in [6.45, 7) is 4.48. The van der Waals surface area contributed by atoms with Gasteiger partial charge in [-0.3, -0.25) is 4.79 Å². The maximum Gasteiger partial charge on any atom is 0.223 e. The fourth-order valence-corrected chi connectivity index (χ4v) is 2.67. The van der Waals surface area contributed by atoms with Crippen LogP contribution in [0.3, 0.4) is 0 Å². The van der Waals surface area contributed by atoms with Gasteiger partial charge in [0.25, 0.3) is 0 Å². The molecule has 4 nitrogen and oxygen atoms in total. The summed E-state index contributed by atoms with van der Waals surface area (Å²) in [6.07, 6.45) is 3.29. The summed E-state index contributed by atoms with van der Waals surface area (Å²) in [5, 5.41) is 15.1. The smallest absolute Gasteiger partial charge is 0.223 e. The van der Waals surface area contributed by atoms with Gasteiger partial charge in [0, 0.05) is 5.38 Å². The Hall–Kier alpha value is -0.940. The Labute approximate surface area is 112 Å². The number of thiazole rings is 1. The molecule has 0 radical (unpaired) electrons. The van der Waals surface area contributed by atoms with E-state index in [-0.39, 0.29) is 12.3 Å². The molecule has 1 aromatic heterocycles. The van der Waals surface area contributed by atoms with Gasteiger partial charge in [0.2, 0.25) is 5.91 Å². The number of aliphatic hydroxyl groups is 1. The van der Waals surface area contributed by atoms with E-state index in [2.05, 4.69) is 10.3 Å². The van der Waals surface area contributed by atoms with Gasteiger partial charge in [0.15, 0.2) is 0 Å². The number of carbonyl (C=O) groups excluding carboxylic acids is 1. The number of aromatic nitrogens is 1. The van der Waals surface area contributed by atoms with Crippen LogP contribution in [0.1, 0.15) is 51.6 Å². The molecule has 1 heterocycles. The first-order chi connectivity index (χ1) is 8.59. The standard InChI is InChI=1S/C13H22N2O2S/c1-3-5-13(17,6-4-2)7-12(16)14-8-11-9-18-10-15-11/h9-10,17H,3-8H2,1-2H3,(H,14,16). The van der Waals surface area contributed by atoms with Crippen LogP contribution in [0.15, 0.2) is 10.9 Å². The maximum atomic E-state index is 11.8. The van der Waals surface area contributed by atoms with Crippen LogP contribution in [0.5, 0.6) is 0 Å². The van der Waals surface area contributed by atoms with E-state index >= 15 is 0 Å². The number of hydrogen-bond acceptors (Lipinski definition) is 4. The molecule has 0 aliphatic heterocycles. The monoisotopic (exact) mass is 270 g/mol. The Morgan fingerprint density at radius 1 is 1.44 bits per heavy atom. The largest absolute Gasteiger partial charge is 0.389 e. The minimum atomic E-state index is -0.852. The van der Waals surface area contributed by atoms with Crippen LogP contribution in [-0.2, 0) is 11.3 Å². The van der Waals surface area contributed by atoms with Gasteiger partial charge in [-0.15, -0.1) is 11.3 Å². The minimum absolute atomic E-state index is 0.104. The molecule has 18 heavy (non-hydrogen) atoms. The second kappa shape index (κ2) is 7.48. The van der Waals surface area contributed by atoms with Crippen molar-refractivity contribution in [1.29, 1.82) is 0 Å². The Kier molecular flexibility index (Phi) is 6.29. The maximum absolute atomic E-state index is 11.8. The van der Waals surface area contributed by atoms with Gasteiger partial charge in [-0.2, -0.15) is 0 Å². The fraction of sp³-hybridized carbons (Fsp3) is 0.692. The molecule has 0 aliphatic carbocycles. The summed E-state index contributed by atoms with van der Waals surface area (Å²) in [5.74, 6) is -0.104. The van der Waals surface area contributed by atoms with Gasteiger partial charge >= 0.3 is 0 Å². The molecule has 5 heteroatoms. The van der Waals surface area contributed by atoms with E-state index in [1.54, 1.807) is 5.51 Å². The van der Waals surface area contributed by atoms with Crippen molar-refractivity contribution in [3.63, 3.8) is 0 Å². The van der Waals surface area contributed by atoms with Crippen LogP contribution in [0, 0.1) is 0 Å². The molecule has 0 unspecified atom stereocenters. The van der Waals surface area contributed by atoms with Gasteiger partial charge < -0.3 is 10.4 Å². The van der Waals surface area contributed by atoms with Crippen molar-refractivity contribution in [2.75, 3.05) is 0 Å². The molecule has 1 amide bonds. The van der Waals surface area contributed by atoms with Crippen molar-refractivity contribution in [3.8, 4) is 0 Å². The summed E-state index contributed by atoms with van der Waals surface area (Å²) >= 11 is 1.51. The van der Waals surface area contributed by atoms with Crippen molar-refractivity contribution in [1.82, 2.24) is 10.3 Å². The van der Waals surface area contributed by atoms with E-state index in [0.29, 0.717) is 19.4 Å². The molecule has 0 aliphatic rings. The number of hydrogen-bond donors (Lipinski definition) is 2. The van der Waals surface area contributed by atoms with Gasteiger partial charge in [-0.1, -0.05) is 26.7 Å². The molecular weight excluding hydrogens is 248 g/mol. The normalized spacial score (nSPS) is 11.5. The van der Waals surface area contributed by atoms with Crippen molar-refractivity contribution in [2.45, 2.75) is 58.1 Å². The van der Waals surface area contributed by atoms with Crippen LogP contribution < -0.4 is 5.32 Å². The van der Waals surface area contributed by atoms with E-state index in [9.17, 15) is 9.90 Å². The topological polar surface area (TPSA) is 62.2 Å². The zero-order valence-electron chi connectivity index (χ0n) is 11.1. The number of carbonyl (C=O) groups is 1. The third-order valence-corrected chi connectivity index (χ3v) is 3.51. The van der Waals surface area contributed by atoms with Crippen molar-refractivity contribution >= 4 is 17.2 Å². The second-order valence-corrected chi connectivity index (χ2v) is 5.38. The third kappa shape index (κ3) is 5.14. The lowest BCUT2D eigenvalue weighted by Crippen LogP contribution is -2.36. The summed E-state index contributed by atoms with van der Waals surface area (Å²) in [4.78, 5) is 15.9. The van der Waals surface area contributed by atoms with Crippen LogP contribution in [0.4, 0.5) is 0 Å². The molecular formula is C13H22N2O2S. The van der Waals surface area contributed by atoms with Gasteiger partial charge in [0.1, 0.15) is 0 Å². The van der Waals surface area contributed by atoms with Crippen LogP contribution in [0.25, 0.3) is 0 Å². The van der Waals surface area contributed by atoms with E-state index in [4.69, 9.17) is 0 Å². The Balaban J connectivity index is 2.41. The molecule has 0 spiro atoms. The SMILES string of the molecule is CCCC(O)(CCC)CC(=O)NCc1cscn1. The average molecular weight is 270 g/mol. The first kappa shape index (κ1) is 15.1. The molecule has 1 aromatic rings. The Morgan fingerprint density at radius 3 is 2.61 bits per heavy atom. The van der Waals surface area contributed by atoms with Crippen molar-refractivity contribution in [3.05, 3.63) is 16.6 Å². The summed E-state index contributed by atoms with van der Waals surface area (Å²) in [6, 6.07) is 0. The Bertz CT molecular complexity index is 346. The predicted octanol–water partition coefficient (Wildman–Crippen LogP) is 2.48. The van der Waals surface area contributed by atoms with Gasteiger partial charge in [0.05, 0.1) is 29.8 Å². The molecule has 0 atom stereocenters. The molecule has 0 bridgehead atoms. The highest BCUT2D eigenvalue weighted by molar-refractivity contribution is 7.07. The zero-order chi connectivity index (χ0) is 13.4. The molecule has 0 aromatic carbocycles. The highest BCUT2D eigenvalue weighted by atomic mass is 32.1. The van der Waals surface area contributed by atoms with Crippen LogP contribution in [0.2, 0.25) is 0 Å². The van der Waals surface area contributed by atoms with E-state index in [1.165, 1.54) is 11.3 Å². The minimum Gasteiger partial charge on any atom is -0.389 e. The van der Waals surface area contributed by atoms with Gasteiger partial charge in [-0.25, -0.2) is 4.98 Å². The lowest BCUT2D eigenvalue weighted by atomic mass is 9.89. The van der Waals surface area contributed by atoms with E-state index in [0.717, 1.165) is 18.5 Å². The lowest BCUT2D eigenvalue weighted by molar-refractivity contribution is -0.126. The van der Waals surface area contributed by atoms with E-state index in [1.807, 2.05) is 19.2 Å². The third-order valence-electron chi connectivity index (χ3n) is 2.87. The number of amides is 1. The molecule has 0 saturated heterocycles. The highest BCUT2D eigenvalue weighted by Crippen LogP contribution is 2.23. The molecule has 102 valence electrons. The first-order valence-electron chi connectivity index (χ1n) is 6.46. The molecule has 0 fully saturated rings. The van der Waals surface area contributed by atoms with Crippen LogP contribution >= 0.6 is 11.3 Å². The fourth-order valence-electron chi connectivity index (χ4n) is 2.11. The van der Waals surface area contributed by atoms with Crippen LogP contribution in [-0.4, -0.2) is 21.6 Å². The zero-order valence-corrected chi connectivity index (χ0v) is 11.9. The quantitative estimate of drug-likeness (QED) is 0.763. The van der Waals surface area contributed by atoms with Crippen molar-refractivity contribution < 1.29 is 9.90 Å². The first-order valence-corrected chi connectivity index (χ1v) is 7.40. The average Bonchev–Trinajstić information content (AvgIpc) is 2.79. The van der Waals surface area contributed by atoms with Crippen molar-refractivity contribution in [2.24, 2.45) is 0 Å². The Morgan fingerprint density at radius 2 is 2.11 bits per heavy atom. The van der Waals surface area contributed by atoms with E-state index < -0.39 is 5.60 Å². The number of nitrogens with one attached hydrogen (secondary N) is 1. The molecule has 1 rings (SSSR count). The summed E-state index contributed by atoms with van der Waals surface area (Å²) < 4.78 is 0. The summed E-state index contributed by atoms with van der Waals surface area (Å²) in [5.41, 5.74) is 1.75. The second-order valence-electron chi connectivity index (χ2n) is 4.66.